The quantitative estimate of drug-likeness (QED) is 0.701. The third kappa shape index (κ3) is 2.62. The Morgan fingerprint density at radius 3 is 2.43 bits per heavy atom. The van der Waals surface area contributed by atoms with Gasteiger partial charge in [-0.3, -0.25) is 4.79 Å². The van der Waals surface area contributed by atoms with Crippen LogP contribution in [0.1, 0.15) is 0 Å². The van der Waals surface area contributed by atoms with Gasteiger partial charge in [-0.1, -0.05) is 18.2 Å². The summed E-state index contributed by atoms with van der Waals surface area (Å²) in [5.41, 5.74) is 7.43. The summed E-state index contributed by atoms with van der Waals surface area (Å²) < 4.78 is 15.0. The van der Waals surface area contributed by atoms with Gasteiger partial charge >= 0.3 is 0 Å². The molecule has 0 aliphatic heterocycles. The summed E-state index contributed by atoms with van der Waals surface area (Å²) in [7, 11) is 1.68. The molecule has 0 saturated carbocycles. The van der Waals surface area contributed by atoms with Gasteiger partial charge in [0.2, 0.25) is 0 Å². The summed E-state index contributed by atoms with van der Waals surface area (Å²) in [5, 5.41) is 1.40. The number of aromatic nitrogens is 1. The molecule has 0 atom stereocenters. The van der Waals surface area contributed by atoms with E-state index in [1.807, 2.05) is 18.2 Å². The van der Waals surface area contributed by atoms with E-state index < -0.39 is 5.82 Å². The number of hydrogen-bond acceptors (Lipinski definition) is 2. The van der Waals surface area contributed by atoms with Crippen LogP contribution in [0.15, 0.2) is 53.5 Å². The lowest BCUT2D eigenvalue weighted by Crippen LogP contribution is -2.16. The highest BCUT2D eigenvalue weighted by molar-refractivity contribution is 5.96. The van der Waals surface area contributed by atoms with Crippen molar-refractivity contribution < 1.29 is 4.39 Å². The second-order valence-corrected chi connectivity index (χ2v) is 4.78. The first-order chi connectivity index (χ1) is 9.56. The van der Waals surface area contributed by atoms with Gasteiger partial charge in [-0.15, -0.1) is 12.4 Å². The molecule has 5 heteroatoms. The van der Waals surface area contributed by atoms with Crippen molar-refractivity contribution in [2.45, 2.75) is 0 Å². The first kappa shape index (κ1) is 15.1. The van der Waals surface area contributed by atoms with Crippen LogP contribution in [0, 0.1) is 5.82 Å². The molecule has 3 aromatic rings. The van der Waals surface area contributed by atoms with Crippen molar-refractivity contribution in [3.63, 3.8) is 0 Å². The molecule has 0 bridgehead atoms. The van der Waals surface area contributed by atoms with Gasteiger partial charge in [-0.05, 0) is 35.2 Å². The minimum Gasteiger partial charge on any atom is -0.399 e. The van der Waals surface area contributed by atoms with Gasteiger partial charge in [-0.2, -0.15) is 0 Å². The Balaban J connectivity index is 0.00000161. The second kappa shape index (κ2) is 5.58. The first-order valence-corrected chi connectivity index (χ1v) is 6.21. The predicted octanol–water partition coefficient (Wildman–Crippen LogP) is 3.35. The third-order valence-electron chi connectivity index (χ3n) is 3.32. The zero-order chi connectivity index (χ0) is 14.3. The van der Waals surface area contributed by atoms with E-state index in [1.165, 1.54) is 16.7 Å². The second-order valence-electron chi connectivity index (χ2n) is 4.78. The molecule has 3 nitrogen and oxygen atoms in total. The molecule has 0 saturated heterocycles. The number of rotatable bonds is 1. The number of nitrogens with two attached hydrogens (primary N) is 1. The topological polar surface area (TPSA) is 48.0 Å². The van der Waals surface area contributed by atoms with Crippen LogP contribution in [0.3, 0.4) is 0 Å². The van der Waals surface area contributed by atoms with Gasteiger partial charge < -0.3 is 10.3 Å². The SMILES string of the molecule is Cl.Cn1cc(-c2cc(N)cc(F)c2)c2ccccc2c1=O. The van der Waals surface area contributed by atoms with Gasteiger partial charge in [0.05, 0.1) is 0 Å². The van der Waals surface area contributed by atoms with Crippen LogP contribution >= 0.6 is 12.4 Å². The fourth-order valence-corrected chi connectivity index (χ4v) is 2.41. The number of aryl methyl sites for hydroxylation is 1. The van der Waals surface area contributed by atoms with E-state index in [4.69, 9.17) is 5.73 Å². The Hall–Kier alpha value is -2.33. The number of anilines is 1. The molecule has 0 spiro atoms. The van der Waals surface area contributed by atoms with E-state index >= 15 is 0 Å². The summed E-state index contributed by atoms with van der Waals surface area (Å²) in [5.74, 6) is -0.391. The number of nitrogens with zero attached hydrogens (tertiary/aromatic N) is 1. The smallest absolute Gasteiger partial charge is 0.258 e. The third-order valence-corrected chi connectivity index (χ3v) is 3.32. The molecule has 2 N–H and O–H groups in total. The number of pyridine rings is 1. The van der Waals surface area contributed by atoms with E-state index in [1.54, 1.807) is 25.4 Å². The summed E-state index contributed by atoms with van der Waals surface area (Å²) in [6, 6.07) is 11.7. The fourth-order valence-electron chi connectivity index (χ4n) is 2.41. The molecule has 2 aromatic carbocycles. The maximum Gasteiger partial charge on any atom is 0.258 e. The van der Waals surface area contributed by atoms with Crippen LogP contribution in [0.2, 0.25) is 0 Å². The Labute approximate surface area is 127 Å². The van der Waals surface area contributed by atoms with E-state index in [0.29, 0.717) is 16.6 Å². The summed E-state index contributed by atoms with van der Waals surface area (Å²) in [6.07, 6.45) is 1.71. The van der Waals surface area contributed by atoms with Crippen LogP contribution in [-0.2, 0) is 7.05 Å². The minimum atomic E-state index is -0.391. The van der Waals surface area contributed by atoms with Crippen LogP contribution in [-0.4, -0.2) is 4.57 Å². The molecule has 3 rings (SSSR count). The molecular formula is C16H14ClFN2O. The summed E-state index contributed by atoms with van der Waals surface area (Å²) >= 11 is 0. The molecule has 0 aliphatic carbocycles. The maximum atomic E-state index is 13.5. The number of halogens is 2. The van der Waals surface area contributed by atoms with Crippen molar-refractivity contribution in [1.82, 2.24) is 4.57 Å². The highest BCUT2D eigenvalue weighted by Crippen LogP contribution is 2.28. The normalized spacial score (nSPS) is 10.4. The minimum absolute atomic E-state index is 0. The zero-order valence-corrected chi connectivity index (χ0v) is 12.2. The standard InChI is InChI=1S/C16H13FN2O.ClH/c1-19-9-15(10-6-11(17)8-12(18)7-10)13-4-2-3-5-14(13)16(19)20;/h2-9H,18H2,1H3;1H. The van der Waals surface area contributed by atoms with Crippen LogP contribution in [0.5, 0.6) is 0 Å². The molecule has 1 aromatic heterocycles. The molecular weight excluding hydrogens is 291 g/mol. The molecule has 108 valence electrons. The monoisotopic (exact) mass is 304 g/mol. The molecule has 0 fully saturated rings. The van der Waals surface area contributed by atoms with E-state index in [2.05, 4.69) is 0 Å². The average molecular weight is 305 g/mol. The predicted molar refractivity (Wildman–Crippen MR) is 86.2 cm³/mol. The number of fused-ring (bicyclic) bond motifs is 1. The van der Waals surface area contributed by atoms with Crippen LogP contribution in [0.25, 0.3) is 21.9 Å². The van der Waals surface area contributed by atoms with E-state index in [-0.39, 0.29) is 18.0 Å². The molecule has 0 radical (unpaired) electrons. The van der Waals surface area contributed by atoms with Crippen molar-refractivity contribution in [1.29, 1.82) is 0 Å². The van der Waals surface area contributed by atoms with Crippen molar-refractivity contribution in [2.75, 3.05) is 5.73 Å². The molecule has 0 unspecified atom stereocenters. The number of benzene rings is 2. The largest absolute Gasteiger partial charge is 0.399 e. The van der Waals surface area contributed by atoms with Gasteiger partial charge in [0.25, 0.3) is 5.56 Å². The lowest BCUT2D eigenvalue weighted by molar-refractivity contribution is 0.629. The first-order valence-electron chi connectivity index (χ1n) is 6.21. The van der Waals surface area contributed by atoms with Gasteiger partial charge in [0.1, 0.15) is 5.82 Å². The highest BCUT2D eigenvalue weighted by atomic mass is 35.5. The Bertz CT molecular complexity index is 854. The highest BCUT2D eigenvalue weighted by Gasteiger charge is 2.09. The number of nitrogen functional groups attached to an aromatic ring is 1. The summed E-state index contributed by atoms with van der Waals surface area (Å²) in [4.78, 5) is 12.1. The molecule has 0 aliphatic rings. The van der Waals surface area contributed by atoms with E-state index in [0.717, 1.165) is 10.9 Å². The molecule has 0 amide bonds. The molecule has 21 heavy (non-hydrogen) atoms. The van der Waals surface area contributed by atoms with Gasteiger partial charge in [-0.25, -0.2) is 4.39 Å². The Morgan fingerprint density at radius 1 is 1.10 bits per heavy atom. The van der Waals surface area contributed by atoms with Crippen molar-refractivity contribution in [2.24, 2.45) is 7.05 Å². The molecule has 1 heterocycles. The Kier molecular flexibility index (Phi) is 4.00. The summed E-state index contributed by atoms with van der Waals surface area (Å²) in [6.45, 7) is 0. The Morgan fingerprint density at radius 2 is 1.76 bits per heavy atom. The van der Waals surface area contributed by atoms with Gasteiger partial charge in [0.15, 0.2) is 0 Å². The van der Waals surface area contributed by atoms with E-state index in [9.17, 15) is 9.18 Å². The maximum absolute atomic E-state index is 13.5. The lowest BCUT2D eigenvalue weighted by atomic mass is 10.00. The van der Waals surface area contributed by atoms with Crippen LogP contribution in [0.4, 0.5) is 10.1 Å². The van der Waals surface area contributed by atoms with Gasteiger partial charge in [0, 0.05) is 29.9 Å². The van der Waals surface area contributed by atoms with Crippen LogP contribution < -0.4 is 11.3 Å². The number of hydrogen-bond donors (Lipinski definition) is 1. The van der Waals surface area contributed by atoms with Crippen molar-refractivity contribution in [3.05, 3.63) is 64.8 Å². The fraction of sp³-hybridized carbons (Fsp3) is 0.0625. The average Bonchev–Trinajstić information content (AvgIpc) is 2.42. The lowest BCUT2D eigenvalue weighted by Gasteiger charge is -2.10. The van der Waals surface area contributed by atoms with Crippen molar-refractivity contribution in [3.8, 4) is 11.1 Å². The zero-order valence-electron chi connectivity index (χ0n) is 11.3. The van der Waals surface area contributed by atoms with Crippen molar-refractivity contribution >= 4 is 28.9 Å².